The summed E-state index contributed by atoms with van der Waals surface area (Å²) in [5.74, 6) is -0.760. The molecule has 1 aromatic carbocycles. The van der Waals surface area contributed by atoms with Crippen molar-refractivity contribution in [3.8, 4) is 0 Å². The molecule has 0 aliphatic heterocycles. The summed E-state index contributed by atoms with van der Waals surface area (Å²) in [4.78, 5) is 11.8. The smallest absolute Gasteiger partial charge is 0.314 e. The minimum absolute atomic E-state index is 0.662. The quantitative estimate of drug-likeness (QED) is 0.925. The fourth-order valence-corrected chi connectivity index (χ4v) is 5.27. The molecule has 1 N–H and O–H groups in total. The summed E-state index contributed by atoms with van der Waals surface area (Å²) in [7, 11) is -3.13. The molecule has 2 aliphatic rings. The Morgan fingerprint density at radius 1 is 0.955 bits per heavy atom. The maximum absolute atomic E-state index is 12.0. The summed E-state index contributed by atoms with van der Waals surface area (Å²) in [5, 5.41) is 9.72. The van der Waals surface area contributed by atoms with Crippen LogP contribution in [0.1, 0.15) is 56.1 Å². The number of hydrogen-bond acceptors (Lipinski definition) is 3. The van der Waals surface area contributed by atoms with Gasteiger partial charge in [-0.2, -0.15) is 0 Å². The van der Waals surface area contributed by atoms with Gasteiger partial charge in [-0.1, -0.05) is 43.5 Å². The summed E-state index contributed by atoms with van der Waals surface area (Å²) in [6, 6.07) is 7.31. The predicted octanol–water partition coefficient (Wildman–Crippen LogP) is 3.01. The van der Waals surface area contributed by atoms with Gasteiger partial charge in [-0.3, -0.25) is 4.79 Å². The predicted molar refractivity (Wildman–Crippen MR) is 84.6 cm³/mol. The molecule has 0 amide bonds. The monoisotopic (exact) mass is 322 g/mol. The van der Waals surface area contributed by atoms with E-state index in [4.69, 9.17) is 0 Å². The highest BCUT2D eigenvalue weighted by Crippen LogP contribution is 2.52. The number of sulfone groups is 1. The van der Waals surface area contributed by atoms with Crippen LogP contribution in [0.3, 0.4) is 0 Å². The summed E-state index contributed by atoms with van der Waals surface area (Å²) >= 11 is 0. The van der Waals surface area contributed by atoms with Crippen LogP contribution in [0.2, 0.25) is 0 Å². The fraction of sp³-hybridized carbons (Fsp3) is 0.588. The highest BCUT2D eigenvalue weighted by molar-refractivity contribution is 7.92. The molecule has 4 nitrogen and oxygen atoms in total. The Morgan fingerprint density at radius 3 is 1.86 bits per heavy atom. The first-order chi connectivity index (χ1) is 10.3. The minimum Gasteiger partial charge on any atom is -0.481 e. The lowest BCUT2D eigenvalue weighted by molar-refractivity contribution is -0.145. The molecular weight excluding hydrogens is 300 g/mol. The molecule has 0 aromatic heterocycles. The van der Waals surface area contributed by atoms with Crippen LogP contribution in [0.4, 0.5) is 0 Å². The minimum atomic E-state index is -3.13. The highest BCUT2D eigenvalue weighted by Gasteiger charge is 2.53. The van der Waals surface area contributed by atoms with Crippen LogP contribution < -0.4 is 0 Å². The van der Waals surface area contributed by atoms with Crippen molar-refractivity contribution in [3.05, 3.63) is 35.4 Å². The number of carbonyl (C=O) groups is 1. The maximum atomic E-state index is 12.0. The van der Waals surface area contributed by atoms with Crippen LogP contribution in [-0.2, 0) is 24.8 Å². The largest absolute Gasteiger partial charge is 0.481 e. The van der Waals surface area contributed by atoms with Crippen LogP contribution in [0.25, 0.3) is 0 Å². The first-order valence-electron chi connectivity index (χ1n) is 7.86. The summed E-state index contributed by atoms with van der Waals surface area (Å²) < 4.78 is 23.2. The molecule has 22 heavy (non-hydrogen) atoms. The zero-order chi connectivity index (χ0) is 16.0. The van der Waals surface area contributed by atoms with Gasteiger partial charge in [0.25, 0.3) is 0 Å². The molecule has 0 radical (unpaired) electrons. The molecule has 0 atom stereocenters. The first kappa shape index (κ1) is 15.5. The molecule has 2 aliphatic carbocycles. The van der Waals surface area contributed by atoms with Crippen molar-refractivity contribution in [1.29, 1.82) is 0 Å². The van der Waals surface area contributed by atoms with E-state index in [0.29, 0.717) is 25.7 Å². The third kappa shape index (κ3) is 2.26. The summed E-state index contributed by atoms with van der Waals surface area (Å²) in [5.41, 5.74) is 0.821. The molecule has 1 aromatic rings. The van der Waals surface area contributed by atoms with E-state index in [1.165, 1.54) is 6.26 Å². The van der Waals surface area contributed by atoms with Gasteiger partial charge in [-0.05, 0) is 36.8 Å². The molecule has 3 rings (SSSR count). The third-order valence-electron chi connectivity index (χ3n) is 5.49. The van der Waals surface area contributed by atoms with E-state index in [0.717, 1.165) is 30.4 Å². The van der Waals surface area contributed by atoms with E-state index in [-0.39, 0.29) is 0 Å². The van der Waals surface area contributed by atoms with Crippen molar-refractivity contribution in [2.45, 2.75) is 55.1 Å². The van der Waals surface area contributed by atoms with Crippen LogP contribution in [0, 0.1) is 0 Å². The Kier molecular flexibility index (Phi) is 3.59. The van der Waals surface area contributed by atoms with Gasteiger partial charge in [0.05, 0.1) is 10.2 Å². The fourth-order valence-electron chi connectivity index (χ4n) is 3.86. The molecule has 0 unspecified atom stereocenters. The van der Waals surface area contributed by atoms with Gasteiger partial charge in [-0.25, -0.2) is 8.42 Å². The van der Waals surface area contributed by atoms with Crippen LogP contribution in [0.5, 0.6) is 0 Å². The van der Waals surface area contributed by atoms with Crippen LogP contribution >= 0.6 is 0 Å². The number of benzene rings is 1. The zero-order valence-electron chi connectivity index (χ0n) is 12.8. The normalized spacial score (nSPS) is 23.0. The Hall–Kier alpha value is -1.36. The van der Waals surface area contributed by atoms with Crippen molar-refractivity contribution in [2.75, 3.05) is 6.26 Å². The molecule has 0 spiro atoms. The molecule has 0 saturated heterocycles. The van der Waals surface area contributed by atoms with E-state index in [2.05, 4.69) is 0 Å². The summed E-state index contributed by atoms with van der Waals surface area (Å²) in [6.45, 7) is 0. The van der Waals surface area contributed by atoms with Gasteiger partial charge in [-0.15, -0.1) is 0 Å². The Balaban J connectivity index is 1.96. The number of hydrogen-bond donors (Lipinski definition) is 1. The van der Waals surface area contributed by atoms with Gasteiger partial charge in [0.2, 0.25) is 0 Å². The molecule has 120 valence electrons. The lowest BCUT2D eigenvalue weighted by atomic mass is 9.69. The van der Waals surface area contributed by atoms with E-state index in [1.807, 2.05) is 24.3 Å². The van der Waals surface area contributed by atoms with Crippen molar-refractivity contribution >= 4 is 15.8 Å². The van der Waals surface area contributed by atoms with Gasteiger partial charge < -0.3 is 5.11 Å². The summed E-state index contributed by atoms with van der Waals surface area (Å²) in [6.07, 6.45) is 6.89. The molecule has 0 heterocycles. The second kappa shape index (κ2) is 5.08. The second-order valence-electron chi connectivity index (χ2n) is 6.79. The molecule has 2 saturated carbocycles. The lowest BCUT2D eigenvalue weighted by Crippen LogP contribution is -2.37. The Bertz CT molecular complexity index is 678. The van der Waals surface area contributed by atoms with Crippen LogP contribution in [-0.4, -0.2) is 25.7 Å². The molecule has 0 bridgehead atoms. The van der Waals surface area contributed by atoms with Gasteiger partial charge >= 0.3 is 5.97 Å². The topological polar surface area (TPSA) is 71.4 Å². The van der Waals surface area contributed by atoms with Crippen LogP contribution in [0.15, 0.2) is 24.3 Å². The zero-order valence-corrected chi connectivity index (χ0v) is 13.7. The number of carboxylic acid groups (broad SMARTS) is 1. The molecular formula is C17H22O4S. The van der Waals surface area contributed by atoms with Crippen molar-refractivity contribution in [3.63, 3.8) is 0 Å². The second-order valence-corrected chi connectivity index (χ2v) is 9.12. The Morgan fingerprint density at radius 2 is 1.45 bits per heavy atom. The van der Waals surface area contributed by atoms with E-state index < -0.39 is 26.0 Å². The van der Waals surface area contributed by atoms with Gasteiger partial charge in [0, 0.05) is 6.26 Å². The van der Waals surface area contributed by atoms with Gasteiger partial charge in [0.1, 0.15) is 0 Å². The van der Waals surface area contributed by atoms with Crippen molar-refractivity contribution < 1.29 is 18.3 Å². The SMILES string of the molecule is CS(=O)(=O)C1(c2ccc(C3(C(=O)O)CCCCC3)cc2)CC1. The van der Waals surface area contributed by atoms with E-state index >= 15 is 0 Å². The van der Waals surface area contributed by atoms with Crippen molar-refractivity contribution in [1.82, 2.24) is 0 Å². The van der Waals surface area contributed by atoms with E-state index in [1.54, 1.807) is 0 Å². The molecule has 5 heteroatoms. The average Bonchev–Trinajstić information content (AvgIpc) is 3.29. The third-order valence-corrected chi connectivity index (χ3v) is 7.56. The van der Waals surface area contributed by atoms with E-state index in [9.17, 15) is 18.3 Å². The van der Waals surface area contributed by atoms with Gasteiger partial charge in [0.15, 0.2) is 9.84 Å². The molecule has 2 fully saturated rings. The number of rotatable bonds is 4. The number of carboxylic acids is 1. The average molecular weight is 322 g/mol. The van der Waals surface area contributed by atoms with Crippen molar-refractivity contribution in [2.24, 2.45) is 0 Å². The first-order valence-corrected chi connectivity index (χ1v) is 9.75. The standard InChI is InChI=1S/C17H22O4S/c1-22(20,21)17(11-12-17)14-7-5-13(6-8-14)16(15(18)19)9-3-2-4-10-16/h5-8H,2-4,9-12H2,1H3,(H,18,19). The maximum Gasteiger partial charge on any atom is 0.314 e. The Labute approximate surface area is 131 Å². The highest BCUT2D eigenvalue weighted by atomic mass is 32.2. The number of aliphatic carboxylic acids is 1. The lowest BCUT2D eigenvalue weighted by Gasteiger charge is -2.34.